The number of hydrogen-bond acceptors (Lipinski definition) is 4. The largest absolute Gasteiger partial charge is 0.493 e. The summed E-state index contributed by atoms with van der Waals surface area (Å²) in [5, 5.41) is 6.50. The summed E-state index contributed by atoms with van der Waals surface area (Å²) in [7, 11) is 6.51. The van der Waals surface area contributed by atoms with Crippen LogP contribution in [0.15, 0.2) is 41.4 Å². The number of rotatable bonds is 9. The van der Waals surface area contributed by atoms with E-state index in [9.17, 15) is 4.39 Å². The van der Waals surface area contributed by atoms with Crippen molar-refractivity contribution in [3.63, 3.8) is 0 Å². The predicted molar refractivity (Wildman–Crippen MR) is 125 cm³/mol. The summed E-state index contributed by atoms with van der Waals surface area (Å²) in [6, 6.07) is 10.4. The van der Waals surface area contributed by atoms with Crippen molar-refractivity contribution in [3.05, 3.63) is 53.3 Å². The predicted octanol–water partition coefficient (Wildman–Crippen LogP) is 3.42. The number of methoxy groups -OCH3 is 3. The van der Waals surface area contributed by atoms with Gasteiger partial charge in [-0.15, -0.1) is 24.0 Å². The molecule has 2 aromatic rings. The first kappa shape index (κ1) is 24.8. The van der Waals surface area contributed by atoms with Gasteiger partial charge in [0.2, 0.25) is 5.75 Å². The van der Waals surface area contributed by atoms with Crippen LogP contribution in [0, 0.1) is 5.82 Å². The molecule has 0 spiro atoms. The third kappa shape index (κ3) is 7.26. The minimum absolute atomic E-state index is 0. The zero-order chi connectivity index (χ0) is 20.4. The van der Waals surface area contributed by atoms with Crippen molar-refractivity contribution in [3.8, 4) is 17.2 Å². The van der Waals surface area contributed by atoms with Crippen molar-refractivity contribution in [2.75, 3.05) is 41.5 Å². The highest BCUT2D eigenvalue weighted by Gasteiger charge is 2.15. The summed E-state index contributed by atoms with van der Waals surface area (Å²) >= 11 is 0. The second-order valence-electron chi connectivity index (χ2n) is 6.05. The lowest BCUT2D eigenvalue weighted by Crippen LogP contribution is -2.39. The van der Waals surface area contributed by atoms with E-state index in [2.05, 4.69) is 15.6 Å². The average Bonchev–Trinajstić information content (AvgIpc) is 2.71. The minimum Gasteiger partial charge on any atom is -0.493 e. The van der Waals surface area contributed by atoms with E-state index >= 15 is 0 Å². The van der Waals surface area contributed by atoms with E-state index in [1.165, 1.54) is 6.07 Å². The standard InChI is InChI=1S/C21H28FN3O3.HI/c1-23-21(24-12-10-15-6-5-7-17(22)14-15)25-13-11-16-8-9-18(26-2)20(28-4)19(16)27-3;/h5-9,14H,10-13H2,1-4H3,(H2,23,24,25);1H. The van der Waals surface area contributed by atoms with E-state index < -0.39 is 0 Å². The Morgan fingerprint density at radius 2 is 1.62 bits per heavy atom. The maximum absolute atomic E-state index is 13.2. The first-order valence-electron chi connectivity index (χ1n) is 9.09. The topological polar surface area (TPSA) is 64.1 Å². The van der Waals surface area contributed by atoms with E-state index in [0.29, 0.717) is 49.1 Å². The van der Waals surface area contributed by atoms with Crippen molar-refractivity contribution in [1.29, 1.82) is 0 Å². The number of ether oxygens (including phenoxy) is 3. The van der Waals surface area contributed by atoms with Crippen molar-refractivity contribution in [2.24, 2.45) is 4.99 Å². The quantitative estimate of drug-likeness (QED) is 0.303. The van der Waals surface area contributed by atoms with E-state index in [4.69, 9.17) is 14.2 Å². The Morgan fingerprint density at radius 3 is 2.21 bits per heavy atom. The minimum atomic E-state index is -0.219. The summed E-state index contributed by atoms with van der Waals surface area (Å²) in [6.07, 6.45) is 1.43. The van der Waals surface area contributed by atoms with Crippen molar-refractivity contribution < 1.29 is 18.6 Å². The number of benzene rings is 2. The molecule has 0 aliphatic carbocycles. The van der Waals surface area contributed by atoms with Gasteiger partial charge in [-0.1, -0.05) is 18.2 Å². The molecule has 0 aliphatic rings. The molecule has 0 fully saturated rings. The highest BCUT2D eigenvalue weighted by molar-refractivity contribution is 14.0. The fourth-order valence-electron chi connectivity index (χ4n) is 2.91. The van der Waals surface area contributed by atoms with Gasteiger partial charge in [-0.2, -0.15) is 0 Å². The van der Waals surface area contributed by atoms with Gasteiger partial charge in [-0.3, -0.25) is 4.99 Å². The molecule has 2 N–H and O–H groups in total. The zero-order valence-electron chi connectivity index (χ0n) is 17.3. The summed E-state index contributed by atoms with van der Waals surface area (Å²) in [5.41, 5.74) is 1.95. The van der Waals surface area contributed by atoms with Gasteiger partial charge in [-0.25, -0.2) is 4.39 Å². The van der Waals surface area contributed by atoms with Crippen molar-refractivity contribution >= 4 is 29.9 Å². The SMILES string of the molecule is CN=C(NCCc1cccc(F)c1)NCCc1ccc(OC)c(OC)c1OC.I. The Morgan fingerprint density at radius 1 is 0.931 bits per heavy atom. The van der Waals surface area contributed by atoms with Crippen LogP contribution >= 0.6 is 24.0 Å². The number of hydrogen-bond donors (Lipinski definition) is 2. The zero-order valence-corrected chi connectivity index (χ0v) is 19.6. The lowest BCUT2D eigenvalue weighted by atomic mass is 10.1. The van der Waals surface area contributed by atoms with Gasteiger partial charge in [0.15, 0.2) is 17.5 Å². The van der Waals surface area contributed by atoms with Crippen molar-refractivity contribution in [1.82, 2.24) is 10.6 Å². The molecule has 0 saturated heterocycles. The molecule has 2 aromatic carbocycles. The highest BCUT2D eigenvalue weighted by atomic mass is 127. The molecule has 6 nitrogen and oxygen atoms in total. The Kier molecular flexibility index (Phi) is 11.2. The maximum Gasteiger partial charge on any atom is 0.203 e. The molecular weight excluding hydrogens is 488 g/mol. The van der Waals surface area contributed by atoms with Gasteiger partial charge < -0.3 is 24.8 Å². The molecular formula is C21H29FIN3O3. The lowest BCUT2D eigenvalue weighted by molar-refractivity contribution is 0.322. The van der Waals surface area contributed by atoms with Crippen LogP contribution in [0.3, 0.4) is 0 Å². The highest BCUT2D eigenvalue weighted by Crippen LogP contribution is 2.39. The maximum atomic E-state index is 13.2. The normalized spacial score (nSPS) is 10.7. The summed E-state index contributed by atoms with van der Waals surface area (Å²) in [5.74, 6) is 2.35. The fourth-order valence-corrected chi connectivity index (χ4v) is 2.91. The Balaban J connectivity index is 0.00000420. The molecule has 0 radical (unpaired) electrons. The second-order valence-corrected chi connectivity index (χ2v) is 6.05. The number of halogens is 2. The van der Waals surface area contributed by atoms with Crippen molar-refractivity contribution in [2.45, 2.75) is 12.8 Å². The Labute approximate surface area is 188 Å². The van der Waals surface area contributed by atoms with E-state index in [-0.39, 0.29) is 29.8 Å². The number of nitrogens with one attached hydrogen (secondary N) is 2. The molecule has 0 saturated carbocycles. The molecule has 0 atom stereocenters. The van der Waals surface area contributed by atoms with E-state index in [0.717, 1.165) is 11.1 Å². The van der Waals surface area contributed by atoms with Crippen LogP contribution < -0.4 is 24.8 Å². The molecule has 0 aromatic heterocycles. The van der Waals surface area contributed by atoms with Crippen LogP contribution in [0.5, 0.6) is 17.2 Å². The number of nitrogens with zero attached hydrogens (tertiary/aromatic N) is 1. The first-order valence-corrected chi connectivity index (χ1v) is 9.09. The smallest absolute Gasteiger partial charge is 0.203 e. The van der Waals surface area contributed by atoms with Crippen LogP contribution in [-0.2, 0) is 12.8 Å². The van der Waals surface area contributed by atoms with Gasteiger partial charge in [-0.05, 0) is 36.6 Å². The van der Waals surface area contributed by atoms with Gasteiger partial charge in [0.25, 0.3) is 0 Å². The molecule has 0 bridgehead atoms. The molecule has 29 heavy (non-hydrogen) atoms. The first-order chi connectivity index (χ1) is 13.6. The van der Waals surface area contributed by atoms with Crippen LogP contribution in [0.4, 0.5) is 4.39 Å². The van der Waals surface area contributed by atoms with E-state index in [1.807, 2.05) is 18.2 Å². The molecule has 0 heterocycles. The van der Waals surface area contributed by atoms with Crippen LogP contribution in [0.1, 0.15) is 11.1 Å². The second kappa shape index (κ2) is 13.1. The van der Waals surface area contributed by atoms with Gasteiger partial charge >= 0.3 is 0 Å². The molecule has 160 valence electrons. The third-order valence-corrected chi connectivity index (χ3v) is 4.29. The monoisotopic (exact) mass is 517 g/mol. The lowest BCUT2D eigenvalue weighted by Gasteiger charge is -2.16. The molecule has 2 rings (SSSR count). The number of aliphatic imine (C=N–C) groups is 1. The Hall–Kier alpha value is -2.23. The Bertz CT molecular complexity index is 803. The average molecular weight is 517 g/mol. The van der Waals surface area contributed by atoms with E-state index in [1.54, 1.807) is 40.5 Å². The van der Waals surface area contributed by atoms with Crippen LogP contribution in [0.2, 0.25) is 0 Å². The van der Waals surface area contributed by atoms with Gasteiger partial charge in [0, 0.05) is 25.7 Å². The molecule has 8 heteroatoms. The third-order valence-electron chi connectivity index (χ3n) is 4.29. The summed E-state index contributed by atoms with van der Waals surface area (Å²) in [6.45, 7) is 1.31. The molecule has 0 aliphatic heterocycles. The molecule has 0 amide bonds. The van der Waals surface area contributed by atoms with Gasteiger partial charge in [0.05, 0.1) is 21.3 Å². The number of guanidine groups is 1. The van der Waals surface area contributed by atoms with Gasteiger partial charge in [0.1, 0.15) is 5.82 Å². The summed E-state index contributed by atoms with van der Waals surface area (Å²) in [4.78, 5) is 4.22. The van der Waals surface area contributed by atoms with Crippen LogP contribution in [-0.4, -0.2) is 47.4 Å². The molecule has 0 unspecified atom stereocenters. The summed E-state index contributed by atoms with van der Waals surface area (Å²) < 4.78 is 29.5. The van der Waals surface area contributed by atoms with Crippen LogP contribution in [0.25, 0.3) is 0 Å². The fraction of sp³-hybridized carbons (Fsp3) is 0.381.